The lowest BCUT2D eigenvalue weighted by molar-refractivity contribution is -0.147. The fourth-order valence-electron chi connectivity index (χ4n) is 2.33. The first-order valence-corrected chi connectivity index (χ1v) is 7.30. The number of hydrogen-bond acceptors (Lipinski definition) is 2. The fraction of sp³-hybridized carbons (Fsp3) is 0.125. The lowest BCUT2D eigenvalue weighted by Gasteiger charge is -2.11. The van der Waals surface area contributed by atoms with Crippen molar-refractivity contribution in [1.29, 1.82) is 0 Å². The number of rotatable bonds is 3. The van der Waals surface area contributed by atoms with Crippen molar-refractivity contribution < 1.29 is 18.0 Å². The normalized spacial score (nSPS) is 11.7. The number of carbonyl (C=O) groups excluding carboxylic acids is 1. The SMILES string of the molecule is O=C(Cn1c(C(F)(F)F)nc2ccccc21)Nc1ccc(Cl)cc1. The van der Waals surface area contributed by atoms with Gasteiger partial charge in [0.25, 0.3) is 0 Å². The lowest BCUT2D eigenvalue weighted by Crippen LogP contribution is -2.23. The summed E-state index contributed by atoms with van der Waals surface area (Å²) in [5, 5.41) is 3.03. The van der Waals surface area contributed by atoms with Crippen molar-refractivity contribution >= 4 is 34.2 Å². The number of hydrogen-bond donors (Lipinski definition) is 1. The average molecular weight is 354 g/mol. The number of fused-ring (bicyclic) bond motifs is 1. The number of nitrogens with zero attached hydrogens (tertiary/aromatic N) is 2. The number of imidazole rings is 1. The van der Waals surface area contributed by atoms with Crippen LogP contribution in [-0.4, -0.2) is 15.5 Å². The maximum absolute atomic E-state index is 13.2. The molecule has 1 amide bonds. The van der Waals surface area contributed by atoms with E-state index in [1.165, 1.54) is 12.1 Å². The average Bonchev–Trinajstić information content (AvgIpc) is 2.89. The Balaban J connectivity index is 1.91. The van der Waals surface area contributed by atoms with E-state index < -0.39 is 24.5 Å². The molecular weight excluding hydrogens is 343 g/mol. The van der Waals surface area contributed by atoms with Gasteiger partial charge in [0, 0.05) is 10.7 Å². The van der Waals surface area contributed by atoms with E-state index in [0.717, 1.165) is 4.57 Å². The summed E-state index contributed by atoms with van der Waals surface area (Å²) in [6.45, 7) is -0.502. The first-order valence-electron chi connectivity index (χ1n) is 6.92. The zero-order valence-electron chi connectivity index (χ0n) is 12.1. The number of benzene rings is 2. The summed E-state index contributed by atoms with van der Waals surface area (Å²) < 4.78 is 40.4. The third-order valence-corrected chi connectivity index (χ3v) is 3.59. The first-order chi connectivity index (χ1) is 11.3. The molecule has 1 heterocycles. The molecular formula is C16H11ClF3N3O. The quantitative estimate of drug-likeness (QED) is 0.761. The van der Waals surface area contributed by atoms with Crippen LogP contribution in [0, 0.1) is 0 Å². The number of nitrogens with one attached hydrogen (secondary N) is 1. The Morgan fingerprint density at radius 2 is 1.79 bits per heavy atom. The number of amides is 1. The fourth-order valence-corrected chi connectivity index (χ4v) is 2.46. The van der Waals surface area contributed by atoms with Gasteiger partial charge in [-0.2, -0.15) is 13.2 Å². The number of carbonyl (C=O) groups is 1. The molecule has 0 saturated carbocycles. The number of halogens is 4. The second-order valence-corrected chi connectivity index (χ2v) is 5.50. The Labute approximate surface area is 139 Å². The molecule has 0 unspecified atom stereocenters. The molecule has 1 N–H and O–H groups in total. The standard InChI is InChI=1S/C16H11ClF3N3O/c17-10-5-7-11(8-6-10)21-14(24)9-23-13-4-2-1-3-12(13)22-15(23)16(18,19)20/h1-8H,9H2,(H,21,24). The molecule has 0 spiro atoms. The van der Waals surface area contributed by atoms with Crippen LogP contribution in [0.15, 0.2) is 48.5 Å². The maximum atomic E-state index is 13.2. The van der Waals surface area contributed by atoms with Gasteiger partial charge < -0.3 is 9.88 Å². The molecule has 3 rings (SSSR count). The van der Waals surface area contributed by atoms with Crippen LogP contribution in [0.4, 0.5) is 18.9 Å². The van der Waals surface area contributed by atoms with Crippen LogP contribution in [0.5, 0.6) is 0 Å². The maximum Gasteiger partial charge on any atom is 0.449 e. The molecule has 0 aliphatic carbocycles. The van der Waals surface area contributed by atoms with E-state index in [9.17, 15) is 18.0 Å². The van der Waals surface area contributed by atoms with Crippen molar-refractivity contribution in [3.63, 3.8) is 0 Å². The molecule has 0 radical (unpaired) electrons. The van der Waals surface area contributed by atoms with E-state index in [1.54, 1.807) is 36.4 Å². The van der Waals surface area contributed by atoms with Gasteiger partial charge in [0.2, 0.25) is 11.7 Å². The van der Waals surface area contributed by atoms with Gasteiger partial charge >= 0.3 is 6.18 Å². The molecule has 124 valence electrons. The van der Waals surface area contributed by atoms with Gasteiger partial charge in [0.15, 0.2) is 0 Å². The van der Waals surface area contributed by atoms with Gasteiger partial charge in [-0.15, -0.1) is 0 Å². The van der Waals surface area contributed by atoms with E-state index in [-0.39, 0.29) is 11.0 Å². The van der Waals surface area contributed by atoms with Crippen LogP contribution in [0.2, 0.25) is 5.02 Å². The highest BCUT2D eigenvalue weighted by molar-refractivity contribution is 6.30. The van der Waals surface area contributed by atoms with E-state index >= 15 is 0 Å². The number of anilines is 1. The lowest BCUT2D eigenvalue weighted by atomic mass is 10.3. The summed E-state index contributed by atoms with van der Waals surface area (Å²) in [6, 6.07) is 12.4. The molecule has 0 aliphatic heterocycles. The zero-order chi connectivity index (χ0) is 17.3. The molecule has 24 heavy (non-hydrogen) atoms. The van der Waals surface area contributed by atoms with Gasteiger partial charge in [-0.05, 0) is 36.4 Å². The van der Waals surface area contributed by atoms with E-state index in [4.69, 9.17) is 11.6 Å². The second kappa shape index (κ2) is 6.16. The number of alkyl halides is 3. The monoisotopic (exact) mass is 353 g/mol. The zero-order valence-corrected chi connectivity index (χ0v) is 12.9. The van der Waals surface area contributed by atoms with Crippen LogP contribution < -0.4 is 5.32 Å². The third kappa shape index (κ3) is 3.35. The van der Waals surface area contributed by atoms with Crippen molar-refractivity contribution in [2.75, 3.05) is 5.32 Å². The second-order valence-electron chi connectivity index (χ2n) is 5.06. The molecule has 4 nitrogen and oxygen atoms in total. The largest absolute Gasteiger partial charge is 0.449 e. The Bertz CT molecular complexity index is 888. The van der Waals surface area contributed by atoms with Crippen LogP contribution in [0.25, 0.3) is 11.0 Å². The minimum atomic E-state index is -4.65. The summed E-state index contributed by atoms with van der Waals surface area (Å²) in [5.74, 6) is -1.69. The van der Waals surface area contributed by atoms with Crippen molar-refractivity contribution in [3.05, 3.63) is 59.4 Å². The van der Waals surface area contributed by atoms with E-state index in [2.05, 4.69) is 10.3 Å². The van der Waals surface area contributed by atoms with Crippen LogP contribution in [0.1, 0.15) is 5.82 Å². The van der Waals surface area contributed by atoms with Gasteiger partial charge in [-0.1, -0.05) is 23.7 Å². The topological polar surface area (TPSA) is 46.9 Å². The third-order valence-electron chi connectivity index (χ3n) is 3.34. The summed E-state index contributed by atoms with van der Waals surface area (Å²) in [6.07, 6.45) is -4.65. The summed E-state index contributed by atoms with van der Waals surface area (Å²) in [5.41, 5.74) is 0.877. The van der Waals surface area contributed by atoms with Gasteiger partial charge in [0.1, 0.15) is 6.54 Å². The highest BCUT2D eigenvalue weighted by Crippen LogP contribution is 2.31. The molecule has 0 bridgehead atoms. The van der Waals surface area contributed by atoms with Crippen molar-refractivity contribution in [2.24, 2.45) is 0 Å². The summed E-state index contributed by atoms with van der Waals surface area (Å²) in [7, 11) is 0. The molecule has 8 heteroatoms. The molecule has 1 aromatic heterocycles. The Morgan fingerprint density at radius 1 is 1.12 bits per heavy atom. The van der Waals surface area contributed by atoms with Crippen molar-refractivity contribution in [3.8, 4) is 0 Å². The van der Waals surface area contributed by atoms with Crippen molar-refractivity contribution in [1.82, 2.24) is 9.55 Å². The van der Waals surface area contributed by atoms with Gasteiger partial charge in [-0.25, -0.2) is 4.98 Å². The molecule has 2 aromatic carbocycles. The number of aromatic nitrogens is 2. The smallest absolute Gasteiger partial charge is 0.325 e. The Kier molecular flexibility index (Phi) is 4.19. The predicted molar refractivity (Wildman–Crippen MR) is 84.8 cm³/mol. The van der Waals surface area contributed by atoms with E-state index in [0.29, 0.717) is 10.7 Å². The molecule has 0 saturated heterocycles. The minimum absolute atomic E-state index is 0.184. The van der Waals surface area contributed by atoms with Gasteiger partial charge in [0.05, 0.1) is 11.0 Å². The minimum Gasteiger partial charge on any atom is -0.325 e. The summed E-state index contributed by atoms with van der Waals surface area (Å²) >= 11 is 5.75. The highest BCUT2D eigenvalue weighted by Gasteiger charge is 2.37. The predicted octanol–water partition coefficient (Wildman–Crippen LogP) is 4.35. The first kappa shape index (κ1) is 16.3. The molecule has 0 aliphatic rings. The summed E-state index contributed by atoms with van der Waals surface area (Å²) in [4.78, 5) is 15.7. The Hall–Kier alpha value is -2.54. The van der Waals surface area contributed by atoms with E-state index in [1.807, 2.05) is 0 Å². The van der Waals surface area contributed by atoms with Crippen molar-refractivity contribution in [2.45, 2.75) is 12.7 Å². The van der Waals surface area contributed by atoms with Crippen LogP contribution in [0.3, 0.4) is 0 Å². The van der Waals surface area contributed by atoms with Crippen LogP contribution >= 0.6 is 11.6 Å². The number of para-hydroxylation sites is 2. The van der Waals surface area contributed by atoms with Gasteiger partial charge in [-0.3, -0.25) is 4.79 Å². The van der Waals surface area contributed by atoms with Crippen LogP contribution in [-0.2, 0) is 17.5 Å². The molecule has 3 aromatic rings. The highest BCUT2D eigenvalue weighted by atomic mass is 35.5. The Morgan fingerprint density at radius 3 is 2.46 bits per heavy atom. The molecule has 0 fully saturated rings. The molecule has 0 atom stereocenters.